The molecule has 0 saturated heterocycles. The number of halogens is 4. The highest BCUT2D eigenvalue weighted by atomic mass is 79.9. The van der Waals surface area contributed by atoms with Gasteiger partial charge in [0.1, 0.15) is 5.75 Å². The van der Waals surface area contributed by atoms with Crippen LogP contribution in [0.3, 0.4) is 0 Å². The number of phenols is 1. The maximum atomic E-state index is 10.3. The van der Waals surface area contributed by atoms with E-state index in [4.69, 9.17) is 23.2 Å². The fraction of sp³-hybridized carbons (Fsp3) is 0. The first-order chi connectivity index (χ1) is 15.4. The van der Waals surface area contributed by atoms with Crippen LogP contribution in [0.1, 0.15) is 11.1 Å². The van der Waals surface area contributed by atoms with Crippen molar-refractivity contribution >= 4 is 73.4 Å². The molecule has 4 rings (SSSR count). The minimum Gasteiger partial charge on any atom is -0.506 e. The number of rotatable bonds is 5. The maximum absolute atomic E-state index is 10.3. The zero-order valence-electron chi connectivity index (χ0n) is 16.3. The topological polar surface area (TPSA) is 62.8 Å². The normalized spacial score (nSPS) is 11.6. The van der Waals surface area contributed by atoms with Gasteiger partial charge in [-0.1, -0.05) is 75.5 Å². The van der Waals surface area contributed by atoms with Gasteiger partial charge in [-0.2, -0.15) is 5.10 Å². The largest absolute Gasteiger partial charge is 0.506 e. The number of phenolic OH excluding ortho intramolecular Hbond substituents is 1. The molecule has 5 nitrogen and oxygen atoms in total. The smallest absolute Gasteiger partial charge is 0.251 e. The second-order valence-corrected chi connectivity index (χ2v) is 9.24. The monoisotopic (exact) mass is 590 g/mol. The lowest BCUT2D eigenvalue weighted by atomic mass is 10.2. The predicted octanol–water partition coefficient (Wildman–Crippen LogP) is 7.72. The van der Waals surface area contributed by atoms with E-state index in [1.807, 2.05) is 30.3 Å². The predicted molar refractivity (Wildman–Crippen MR) is 138 cm³/mol. The summed E-state index contributed by atoms with van der Waals surface area (Å²) in [5.41, 5.74) is 2.86. The van der Waals surface area contributed by atoms with E-state index in [9.17, 15) is 5.11 Å². The highest BCUT2D eigenvalue weighted by Gasteiger charge is 2.10. The molecule has 0 spiro atoms. The second-order valence-electron chi connectivity index (χ2n) is 6.63. The van der Waals surface area contributed by atoms with Crippen LogP contribution >= 0.6 is 55.1 Å². The van der Waals surface area contributed by atoms with Gasteiger partial charge >= 0.3 is 0 Å². The minimum atomic E-state index is 0.0785. The number of aliphatic imine (C=N–C) groups is 1. The molecular weight excluding hydrogens is 579 g/mol. The molecule has 1 heterocycles. The summed E-state index contributed by atoms with van der Waals surface area (Å²) < 4.78 is 2.90. The molecule has 0 unspecified atom stereocenters. The van der Waals surface area contributed by atoms with Crippen molar-refractivity contribution in [1.29, 1.82) is 0 Å². The molecule has 0 aliphatic heterocycles. The molecule has 0 atom stereocenters. The molecule has 0 saturated carbocycles. The van der Waals surface area contributed by atoms with E-state index in [2.05, 4.69) is 46.9 Å². The Kier molecular flexibility index (Phi) is 7.10. The number of aromatic nitrogens is 2. The molecule has 9 heteroatoms. The Hall–Kier alpha value is -2.45. The van der Waals surface area contributed by atoms with E-state index in [0.717, 1.165) is 10.0 Å². The Morgan fingerprint density at radius 3 is 2.47 bits per heavy atom. The first-order valence-electron chi connectivity index (χ1n) is 9.27. The maximum Gasteiger partial charge on any atom is 0.251 e. The number of benzene rings is 3. The van der Waals surface area contributed by atoms with Gasteiger partial charge in [0, 0.05) is 32.4 Å². The van der Waals surface area contributed by atoms with Gasteiger partial charge in [-0.25, -0.2) is 14.7 Å². The highest BCUT2D eigenvalue weighted by molar-refractivity contribution is 9.11. The summed E-state index contributed by atoms with van der Waals surface area (Å²) in [6.45, 7) is 0. The minimum absolute atomic E-state index is 0.0785. The van der Waals surface area contributed by atoms with Crippen molar-refractivity contribution in [3.63, 3.8) is 0 Å². The molecule has 0 bridgehead atoms. The Labute approximate surface area is 211 Å². The second kappa shape index (κ2) is 10.0. The van der Waals surface area contributed by atoms with Gasteiger partial charge in [0.15, 0.2) is 0 Å². The average molecular weight is 593 g/mol. The number of aromatic hydroxyl groups is 1. The molecule has 0 fully saturated rings. The summed E-state index contributed by atoms with van der Waals surface area (Å²) in [7, 11) is 0. The third-order valence-electron chi connectivity index (χ3n) is 4.40. The van der Waals surface area contributed by atoms with E-state index >= 15 is 0 Å². The van der Waals surface area contributed by atoms with Gasteiger partial charge in [-0.3, -0.25) is 0 Å². The first-order valence-corrected chi connectivity index (χ1v) is 11.6. The van der Waals surface area contributed by atoms with E-state index in [1.165, 1.54) is 6.21 Å². The van der Waals surface area contributed by atoms with Gasteiger partial charge in [-0.15, -0.1) is 0 Å². The van der Waals surface area contributed by atoms with Crippen LogP contribution in [0.25, 0.3) is 11.3 Å². The molecular formula is C23H14Br2Cl2N4O. The third-order valence-corrected chi connectivity index (χ3v) is 6.02. The van der Waals surface area contributed by atoms with Crippen LogP contribution in [-0.4, -0.2) is 27.2 Å². The molecule has 0 radical (unpaired) electrons. The van der Waals surface area contributed by atoms with Gasteiger partial charge in [0.2, 0.25) is 0 Å². The van der Waals surface area contributed by atoms with Gasteiger partial charge in [0.25, 0.3) is 5.95 Å². The Morgan fingerprint density at radius 2 is 1.72 bits per heavy atom. The summed E-state index contributed by atoms with van der Waals surface area (Å²) >= 11 is 19.0. The highest BCUT2D eigenvalue weighted by Crippen LogP contribution is 2.31. The Bertz CT molecular complexity index is 1340. The van der Waals surface area contributed by atoms with Crippen LogP contribution in [0.2, 0.25) is 10.0 Å². The van der Waals surface area contributed by atoms with Crippen molar-refractivity contribution in [2.75, 3.05) is 0 Å². The standard InChI is InChI=1S/C23H14Br2Cl2N4O/c24-17-8-16(22(32)19(25)9-17)11-28-23-30-21(14-4-2-1-3-5-14)13-31(23)29-12-15-6-7-18(26)10-20(15)27/h1-13,32H/b28-11+,29-12+. The lowest BCUT2D eigenvalue weighted by molar-refractivity contribution is 0.471. The fourth-order valence-electron chi connectivity index (χ4n) is 2.82. The summed E-state index contributed by atoms with van der Waals surface area (Å²) in [4.78, 5) is 9.08. The Balaban J connectivity index is 1.75. The van der Waals surface area contributed by atoms with Gasteiger partial charge in [0.05, 0.1) is 27.6 Å². The molecule has 4 aromatic rings. The van der Waals surface area contributed by atoms with Crippen molar-refractivity contribution in [2.24, 2.45) is 10.1 Å². The quantitative estimate of drug-likeness (QED) is 0.241. The van der Waals surface area contributed by atoms with E-state index in [-0.39, 0.29) is 5.75 Å². The SMILES string of the molecule is Oc1c(Br)cc(Br)cc1/C=N/c1nc(-c2ccccc2)cn1/N=C/c1ccc(Cl)cc1Cl. The summed E-state index contributed by atoms with van der Waals surface area (Å²) in [5, 5.41) is 15.8. The van der Waals surface area contributed by atoms with Crippen LogP contribution in [0.15, 0.2) is 85.9 Å². The molecule has 0 aliphatic carbocycles. The zero-order chi connectivity index (χ0) is 22.7. The third kappa shape index (κ3) is 5.30. The summed E-state index contributed by atoms with van der Waals surface area (Å²) in [5.74, 6) is 0.412. The van der Waals surface area contributed by atoms with Crippen molar-refractivity contribution in [2.45, 2.75) is 0 Å². The molecule has 3 aromatic carbocycles. The molecule has 160 valence electrons. The van der Waals surface area contributed by atoms with E-state index < -0.39 is 0 Å². The van der Waals surface area contributed by atoms with Crippen LogP contribution in [-0.2, 0) is 0 Å². The molecule has 1 N–H and O–H groups in total. The zero-order valence-corrected chi connectivity index (χ0v) is 20.9. The fourth-order valence-corrected chi connectivity index (χ4v) is 4.54. The number of hydrogen-bond donors (Lipinski definition) is 1. The average Bonchev–Trinajstić information content (AvgIpc) is 3.18. The van der Waals surface area contributed by atoms with Crippen molar-refractivity contribution in [3.05, 3.63) is 97.0 Å². The molecule has 32 heavy (non-hydrogen) atoms. The van der Waals surface area contributed by atoms with Gasteiger partial charge in [-0.05, 0) is 40.2 Å². The number of hydrogen-bond acceptors (Lipinski definition) is 4. The van der Waals surface area contributed by atoms with E-state index in [1.54, 1.807) is 47.4 Å². The van der Waals surface area contributed by atoms with Crippen molar-refractivity contribution in [1.82, 2.24) is 9.66 Å². The van der Waals surface area contributed by atoms with Crippen LogP contribution < -0.4 is 0 Å². The lowest BCUT2D eigenvalue weighted by Crippen LogP contribution is -1.91. The lowest BCUT2D eigenvalue weighted by Gasteiger charge is -2.03. The summed E-state index contributed by atoms with van der Waals surface area (Å²) in [6, 6.07) is 18.4. The number of imidazole rings is 1. The summed E-state index contributed by atoms with van der Waals surface area (Å²) in [6.07, 6.45) is 4.92. The van der Waals surface area contributed by atoms with Crippen molar-refractivity contribution < 1.29 is 5.11 Å². The molecule has 0 amide bonds. The molecule has 1 aromatic heterocycles. The number of nitrogens with zero attached hydrogens (tertiary/aromatic N) is 4. The van der Waals surface area contributed by atoms with E-state index in [0.29, 0.717) is 37.3 Å². The van der Waals surface area contributed by atoms with Crippen LogP contribution in [0.4, 0.5) is 5.95 Å². The first kappa shape index (κ1) is 22.7. The van der Waals surface area contributed by atoms with Crippen LogP contribution in [0.5, 0.6) is 5.75 Å². The van der Waals surface area contributed by atoms with Crippen molar-refractivity contribution in [3.8, 4) is 17.0 Å². The van der Waals surface area contributed by atoms with Crippen LogP contribution in [0, 0.1) is 0 Å². The Morgan fingerprint density at radius 1 is 0.938 bits per heavy atom. The molecule has 0 aliphatic rings. The van der Waals surface area contributed by atoms with Gasteiger partial charge < -0.3 is 5.11 Å².